The number of fused-ring (bicyclic) bond motifs is 1. The number of ether oxygens (including phenoxy) is 1. The molecule has 0 aliphatic carbocycles. The van der Waals surface area contributed by atoms with Crippen LogP contribution in [0.3, 0.4) is 0 Å². The van der Waals surface area contributed by atoms with Gasteiger partial charge in [0.2, 0.25) is 0 Å². The summed E-state index contributed by atoms with van der Waals surface area (Å²) in [7, 11) is 0. The molecule has 1 heterocycles. The number of rotatable bonds is 0. The summed E-state index contributed by atoms with van der Waals surface area (Å²) in [6.45, 7) is 3.94. The fraction of sp³-hybridized carbons (Fsp3) is 0.273. The fourth-order valence-corrected chi connectivity index (χ4v) is 1.76. The topological polar surface area (TPSA) is 35.2 Å². The van der Waals surface area contributed by atoms with Crippen LogP contribution in [-0.4, -0.2) is 6.10 Å². The molecule has 2 nitrogen and oxygen atoms in total. The number of para-hydroxylation sites is 1. The lowest BCUT2D eigenvalue weighted by molar-refractivity contribution is 0.252. The minimum absolute atomic E-state index is 0.00222. The van der Waals surface area contributed by atoms with Gasteiger partial charge in [-0.2, -0.15) is 0 Å². The van der Waals surface area contributed by atoms with E-state index in [9.17, 15) is 0 Å². The second-order valence-corrected chi connectivity index (χ2v) is 3.88. The highest BCUT2D eigenvalue weighted by atomic mass is 35.5. The van der Waals surface area contributed by atoms with E-state index in [1.165, 1.54) is 0 Å². The third-order valence-electron chi connectivity index (χ3n) is 2.59. The average molecular weight is 210 g/mol. The molecule has 1 atom stereocenters. The van der Waals surface area contributed by atoms with Gasteiger partial charge >= 0.3 is 0 Å². The Morgan fingerprint density at radius 2 is 2.14 bits per heavy atom. The van der Waals surface area contributed by atoms with Crippen molar-refractivity contribution in [2.45, 2.75) is 20.0 Å². The van der Waals surface area contributed by atoms with Crippen LogP contribution in [0.15, 0.2) is 23.8 Å². The third-order valence-corrected chi connectivity index (χ3v) is 2.88. The summed E-state index contributed by atoms with van der Waals surface area (Å²) in [5, 5.41) is 0.616. The summed E-state index contributed by atoms with van der Waals surface area (Å²) in [4.78, 5) is 0. The first-order valence-electron chi connectivity index (χ1n) is 4.53. The van der Waals surface area contributed by atoms with Crippen LogP contribution >= 0.6 is 11.6 Å². The monoisotopic (exact) mass is 209 g/mol. The standard InChI is InChI=1S/C11H12ClNO/c1-6-7(2)14-11-8(10(6)13)4-3-5-9(11)12/h3-5,7H,13H2,1-2H3. The maximum atomic E-state index is 6.02. The molecule has 2 N–H and O–H groups in total. The zero-order chi connectivity index (χ0) is 10.3. The summed E-state index contributed by atoms with van der Waals surface area (Å²) in [5.41, 5.74) is 8.72. The molecule has 1 aromatic rings. The van der Waals surface area contributed by atoms with Crippen molar-refractivity contribution in [2.75, 3.05) is 0 Å². The van der Waals surface area contributed by atoms with Crippen LogP contribution < -0.4 is 10.5 Å². The third kappa shape index (κ3) is 1.26. The average Bonchev–Trinajstić information content (AvgIpc) is 2.17. The maximum Gasteiger partial charge on any atom is 0.148 e. The lowest BCUT2D eigenvalue weighted by atomic mass is 10.0. The van der Waals surface area contributed by atoms with E-state index in [-0.39, 0.29) is 6.10 Å². The van der Waals surface area contributed by atoms with Crippen molar-refractivity contribution >= 4 is 17.3 Å². The van der Waals surface area contributed by atoms with Crippen molar-refractivity contribution in [1.29, 1.82) is 0 Å². The van der Waals surface area contributed by atoms with Crippen molar-refractivity contribution in [3.05, 3.63) is 34.4 Å². The molecule has 2 rings (SSSR count). The van der Waals surface area contributed by atoms with Crippen molar-refractivity contribution in [3.63, 3.8) is 0 Å². The number of halogens is 1. The zero-order valence-corrected chi connectivity index (χ0v) is 8.93. The van der Waals surface area contributed by atoms with Crippen LogP contribution in [0.4, 0.5) is 0 Å². The molecule has 1 aromatic carbocycles. The lowest BCUT2D eigenvalue weighted by Crippen LogP contribution is -2.22. The van der Waals surface area contributed by atoms with Gasteiger partial charge in [-0.25, -0.2) is 0 Å². The maximum absolute atomic E-state index is 6.02. The quantitative estimate of drug-likeness (QED) is 0.713. The van der Waals surface area contributed by atoms with Crippen molar-refractivity contribution in [1.82, 2.24) is 0 Å². The van der Waals surface area contributed by atoms with E-state index in [2.05, 4.69) is 0 Å². The first-order valence-corrected chi connectivity index (χ1v) is 4.91. The van der Waals surface area contributed by atoms with Gasteiger partial charge < -0.3 is 10.5 Å². The first kappa shape index (κ1) is 9.41. The molecule has 0 spiro atoms. The Bertz CT molecular complexity index is 412. The van der Waals surface area contributed by atoms with Gasteiger partial charge in [0.25, 0.3) is 0 Å². The van der Waals surface area contributed by atoms with Crippen LogP contribution in [0.5, 0.6) is 5.75 Å². The van der Waals surface area contributed by atoms with Gasteiger partial charge in [-0.3, -0.25) is 0 Å². The van der Waals surface area contributed by atoms with Crippen molar-refractivity contribution in [3.8, 4) is 5.75 Å². The highest BCUT2D eigenvalue weighted by Crippen LogP contribution is 2.37. The summed E-state index contributed by atoms with van der Waals surface area (Å²) in [6.07, 6.45) is 0.00222. The highest BCUT2D eigenvalue weighted by Gasteiger charge is 2.22. The van der Waals surface area contributed by atoms with Crippen molar-refractivity contribution < 1.29 is 4.74 Å². The largest absolute Gasteiger partial charge is 0.484 e. The molecule has 1 aliphatic heterocycles. The molecule has 0 bridgehead atoms. The molecule has 1 aliphatic rings. The molecule has 74 valence electrons. The molecular weight excluding hydrogens is 198 g/mol. The van der Waals surface area contributed by atoms with Gasteiger partial charge in [-0.15, -0.1) is 0 Å². The second kappa shape index (κ2) is 3.21. The summed E-state index contributed by atoms with van der Waals surface area (Å²) in [6, 6.07) is 5.60. The lowest BCUT2D eigenvalue weighted by Gasteiger charge is -2.26. The smallest absolute Gasteiger partial charge is 0.148 e. The molecule has 14 heavy (non-hydrogen) atoms. The molecule has 3 heteroatoms. The zero-order valence-electron chi connectivity index (χ0n) is 8.17. The van der Waals surface area contributed by atoms with E-state index in [1.54, 1.807) is 6.07 Å². The van der Waals surface area contributed by atoms with Crippen LogP contribution in [-0.2, 0) is 0 Å². The van der Waals surface area contributed by atoms with E-state index in [0.717, 1.165) is 16.8 Å². The van der Waals surface area contributed by atoms with Crippen LogP contribution in [0.1, 0.15) is 19.4 Å². The predicted octanol–water partition coefficient (Wildman–Crippen LogP) is 2.81. The van der Waals surface area contributed by atoms with Gasteiger partial charge in [-0.05, 0) is 31.6 Å². The Kier molecular flexibility index (Phi) is 2.16. The Labute approximate surface area is 88.3 Å². The van der Waals surface area contributed by atoms with Gasteiger partial charge in [-0.1, -0.05) is 17.7 Å². The van der Waals surface area contributed by atoms with Gasteiger partial charge in [0, 0.05) is 11.3 Å². The minimum atomic E-state index is 0.00222. The van der Waals surface area contributed by atoms with Crippen LogP contribution in [0, 0.1) is 0 Å². The molecule has 0 amide bonds. The van der Waals surface area contributed by atoms with E-state index in [0.29, 0.717) is 10.8 Å². The van der Waals surface area contributed by atoms with Crippen molar-refractivity contribution in [2.24, 2.45) is 5.73 Å². The van der Waals surface area contributed by atoms with Gasteiger partial charge in [0.05, 0.1) is 5.02 Å². The summed E-state index contributed by atoms with van der Waals surface area (Å²) in [5.74, 6) is 0.699. The number of hydrogen-bond donors (Lipinski definition) is 1. The SMILES string of the molecule is CC1=C(N)c2cccc(Cl)c2OC1C. The summed E-state index contributed by atoms with van der Waals surface area (Å²) < 4.78 is 5.68. The Balaban J connectivity index is 2.65. The highest BCUT2D eigenvalue weighted by molar-refractivity contribution is 6.32. The number of nitrogens with two attached hydrogens (primary N) is 1. The normalized spacial score (nSPS) is 20.4. The van der Waals surface area contributed by atoms with E-state index in [4.69, 9.17) is 22.1 Å². The van der Waals surface area contributed by atoms with Crippen LogP contribution in [0.25, 0.3) is 5.70 Å². The minimum Gasteiger partial charge on any atom is -0.484 e. The number of benzene rings is 1. The van der Waals surface area contributed by atoms with Gasteiger partial charge in [0.15, 0.2) is 0 Å². The first-order chi connectivity index (χ1) is 6.61. The fourth-order valence-electron chi connectivity index (χ4n) is 1.54. The molecule has 1 unspecified atom stereocenters. The second-order valence-electron chi connectivity index (χ2n) is 3.47. The molecule has 0 saturated heterocycles. The van der Waals surface area contributed by atoms with E-state index in [1.807, 2.05) is 26.0 Å². The number of hydrogen-bond acceptors (Lipinski definition) is 2. The molecule has 0 fully saturated rings. The van der Waals surface area contributed by atoms with E-state index >= 15 is 0 Å². The Hall–Kier alpha value is -1.15. The summed E-state index contributed by atoms with van der Waals surface area (Å²) >= 11 is 6.02. The molecule has 0 aromatic heterocycles. The molecular formula is C11H12ClNO. The van der Waals surface area contributed by atoms with Crippen LogP contribution in [0.2, 0.25) is 5.02 Å². The molecule has 0 saturated carbocycles. The van der Waals surface area contributed by atoms with E-state index < -0.39 is 0 Å². The predicted molar refractivity (Wildman–Crippen MR) is 58.3 cm³/mol. The molecule has 0 radical (unpaired) electrons. The Morgan fingerprint density at radius 3 is 2.86 bits per heavy atom. The van der Waals surface area contributed by atoms with Gasteiger partial charge in [0.1, 0.15) is 11.9 Å². The Morgan fingerprint density at radius 1 is 1.43 bits per heavy atom.